The smallest absolute Gasteiger partial charge is 0.198 e. The average Bonchev–Trinajstić information content (AvgIpc) is 2.63. The highest BCUT2D eigenvalue weighted by Gasteiger charge is 2.26. The molecule has 2 heteroatoms. The third kappa shape index (κ3) is 2.33. The van der Waals surface area contributed by atoms with E-state index in [-0.39, 0.29) is 0 Å². The predicted octanol–water partition coefficient (Wildman–Crippen LogP) is 1.93. The molecule has 0 aromatic rings. The van der Waals surface area contributed by atoms with Gasteiger partial charge in [-0.25, -0.2) is 0 Å². The zero-order chi connectivity index (χ0) is 6.69. The molecule has 0 spiro atoms. The molecule has 1 heterocycles. The molecule has 0 saturated carbocycles. The lowest BCUT2D eigenvalue weighted by molar-refractivity contribution is 0.148. The van der Waals surface area contributed by atoms with Crippen molar-refractivity contribution in [2.75, 3.05) is 0 Å². The third-order valence-electron chi connectivity index (χ3n) is 1.64. The van der Waals surface area contributed by atoms with Crippen LogP contribution in [0.15, 0.2) is 0 Å². The van der Waals surface area contributed by atoms with Crippen LogP contribution in [0.5, 0.6) is 0 Å². The van der Waals surface area contributed by atoms with Crippen LogP contribution in [-0.4, -0.2) is 11.1 Å². The van der Waals surface area contributed by atoms with Gasteiger partial charge in [0.1, 0.15) is 0 Å². The molecule has 1 aliphatic heterocycles. The molecule has 0 N–H and O–H groups in total. The molecule has 1 saturated heterocycles. The molecule has 1 aliphatic rings. The van der Waals surface area contributed by atoms with Gasteiger partial charge in [0, 0.05) is 6.04 Å². The van der Waals surface area contributed by atoms with Crippen molar-refractivity contribution in [1.29, 1.82) is 0 Å². The summed E-state index contributed by atoms with van der Waals surface area (Å²) in [5.41, 5.74) is 0. The summed E-state index contributed by atoms with van der Waals surface area (Å²) in [5, 5.41) is 1.90. The minimum absolute atomic E-state index is 0.588. The van der Waals surface area contributed by atoms with E-state index in [1.807, 2.05) is 5.06 Å². The average molecular weight is 128 g/mol. The van der Waals surface area contributed by atoms with Gasteiger partial charge in [-0.15, -0.1) is 5.06 Å². The summed E-state index contributed by atoms with van der Waals surface area (Å²) in [7, 11) is 0. The van der Waals surface area contributed by atoms with E-state index in [2.05, 4.69) is 13.8 Å². The molecule has 0 amide bonds. The van der Waals surface area contributed by atoms with Crippen LogP contribution in [0.2, 0.25) is 0 Å². The lowest BCUT2D eigenvalue weighted by atomic mass is 10.1. The van der Waals surface area contributed by atoms with E-state index >= 15 is 0 Å². The second kappa shape index (κ2) is 3.18. The Balaban J connectivity index is 1.96. The second-order valence-corrected chi connectivity index (χ2v) is 2.56. The molecule has 53 valence electrons. The molecule has 2 atom stereocenters. The number of rotatable bonds is 4. The summed E-state index contributed by atoms with van der Waals surface area (Å²) < 4.78 is 0. The quantitative estimate of drug-likeness (QED) is 0.537. The van der Waals surface area contributed by atoms with Gasteiger partial charge in [-0.3, -0.25) is 4.84 Å². The molecule has 0 aromatic heterocycles. The van der Waals surface area contributed by atoms with Crippen LogP contribution < -0.4 is 0 Å². The van der Waals surface area contributed by atoms with Gasteiger partial charge in [-0.2, -0.15) is 0 Å². The summed E-state index contributed by atoms with van der Waals surface area (Å²) in [6, 6.07) is 0.588. The highest BCUT2D eigenvalue weighted by atomic mass is 16.8. The van der Waals surface area contributed by atoms with E-state index in [0.29, 0.717) is 6.04 Å². The maximum atomic E-state index is 4.88. The lowest BCUT2D eigenvalue weighted by Gasteiger charge is -2.06. The molecule has 9 heavy (non-hydrogen) atoms. The van der Waals surface area contributed by atoms with Gasteiger partial charge in [-0.05, 0) is 13.3 Å². The van der Waals surface area contributed by atoms with Crippen LogP contribution in [0.25, 0.3) is 0 Å². The molecule has 2 nitrogen and oxygen atoms in total. The van der Waals surface area contributed by atoms with E-state index in [0.717, 1.165) is 0 Å². The Morgan fingerprint density at radius 2 is 2.33 bits per heavy atom. The Bertz CT molecular complexity index is 81.0. The van der Waals surface area contributed by atoms with Crippen LogP contribution >= 0.6 is 0 Å². The fraction of sp³-hybridized carbons (Fsp3) is 0.857. The standard InChI is InChI=1S/C7H14NO/c1-3-4-5-7(2)8-6-9-8/h6-7H,3-5H2,1-2H3. The van der Waals surface area contributed by atoms with Crippen molar-refractivity contribution in [3.05, 3.63) is 6.73 Å². The molecular weight excluding hydrogens is 114 g/mol. The predicted molar refractivity (Wildman–Crippen MR) is 36.2 cm³/mol. The topological polar surface area (TPSA) is 15.5 Å². The van der Waals surface area contributed by atoms with Gasteiger partial charge < -0.3 is 0 Å². The highest BCUT2D eigenvalue weighted by Crippen LogP contribution is 2.21. The fourth-order valence-corrected chi connectivity index (χ4v) is 0.862. The van der Waals surface area contributed by atoms with Gasteiger partial charge in [0.25, 0.3) is 0 Å². The maximum Gasteiger partial charge on any atom is 0.198 e. The normalized spacial score (nSPS) is 28.0. The summed E-state index contributed by atoms with van der Waals surface area (Å²) in [5.74, 6) is 0. The summed E-state index contributed by atoms with van der Waals surface area (Å²) in [4.78, 5) is 4.88. The van der Waals surface area contributed by atoms with Crippen LogP contribution in [-0.2, 0) is 4.84 Å². The second-order valence-electron chi connectivity index (χ2n) is 2.56. The van der Waals surface area contributed by atoms with Crippen molar-refractivity contribution in [2.24, 2.45) is 0 Å². The first-order chi connectivity index (χ1) is 4.34. The minimum Gasteiger partial charge on any atom is -0.270 e. The number of hydrogen-bond donors (Lipinski definition) is 0. The Kier molecular flexibility index (Phi) is 2.49. The van der Waals surface area contributed by atoms with Crippen molar-refractivity contribution in [1.82, 2.24) is 5.06 Å². The van der Waals surface area contributed by atoms with E-state index < -0.39 is 0 Å². The number of nitrogens with zero attached hydrogens (tertiary/aromatic N) is 1. The Labute approximate surface area is 56.8 Å². The van der Waals surface area contributed by atoms with Crippen molar-refractivity contribution in [3.63, 3.8) is 0 Å². The van der Waals surface area contributed by atoms with E-state index in [1.165, 1.54) is 19.3 Å². The maximum absolute atomic E-state index is 4.88. The van der Waals surface area contributed by atoms with E-state index in [1.54, 1.807) is 6.73 Å². The lowest BCUT2D eigenvalue weighted by Crippen LogP contribution is -2.11. The number of hydrogen-bond acceptors (Lipinski definition) is 2. The zero-order valence-electron chi connectivity index (χ0n) is 6.13. The van der Waals surface area contributed by atoms with Crippen LogP contribution in [0.1, 0.15) is 33.1 Å². The van der Waals surface area contributed by atoms with Crippen molar-refractivity contribution < 1.29 is 4.84 Å². The van der Waals surface area contributed by atoms with Crippen LogP contribution in [0, 0.1) is 6.73 Å². The van der Waals surface area contributed by atoms with Gasteiger partial charge in [-0.1, -0.05) is 19.8 Å². The van der Waals surface area contributed by atoms with Gasteiger partial charge in [0.15, 0.2) is 6.73 Å². The summed E-state index contributed by atoms with van der Waals surface area (Å²) in [6.07, 6.45) is 3.82. The van der Waals surface area contributed by atoms with Gasteiger partial charge >= 0.3 is 0 Å². The van der Waals surface area contributed by atoms with Crippen molar-refractivity contribution >= 4 is 0 Å². The van der Waals surface area contributed by atoms with E-state index in [9.17, 15) is 0 Å². The Morgan fingerprint density at radius 1 is 1.67 bits per heavy atom. The minimum atomic E-state index is 0.588. The number of hydroxylamine groups is 2. The largest absolute Gasteiger partial charge is 0.270 e. The summed E-state index contributed by atoms with van der Waals surface area (Å²) >= 11 is 0. The van der Waals surface area contributed by atoms with Gasteiger partial charge in [0.05, 0.1) is 0 Å². The first-order valence-electron chi connectivity index (χ1n) is 3.63. The van der Waals surface area contributed by atoms with E-state index in [4.69, 9.17) is 4.84 Å². The molecule has 0 aromatic carbocycles. The SMILES string of the molecule is CCCCC(C)N1[CH]O1. The van der Waals surface area contributed by atoms with Crippen LogP contribution in [0.4, 0.5) is 0 Å². The first-order valence-corrected chi connectivity index (χ1v) is 3.63. The highest BCUT2D eigenvalue weighted by molar-refractivity contribution is 4.69. The van der Waals surface area contributed by atoms with Crippen LogP contribution in [0.3, 0.4) is 0 Å². The molecule has 0 bridgehead atoms. The van der Waals surface area contributed by atoms with Crippen molar-refractivity contribution in [2.45, 2.75) is 39.2 Å². The molecule has 0 aliphatic carbocycles. The molecule has 1 rings (SSSR count). The fourth-order valence-electron chi connectivity index (χ4n) is 0.862. The number of unbranched alkanes of at least 4 members (excludes halogenated alkanes) is 1. The Morgan fingerprint density at radius 3 is 2.78 bits per heavy atom. The van der Waals surface area contributed by atoms with Crippen molar-refractivity contribution in [3.8, 4) is 0 Å². The van der Waals surface area contributed by atoms with Gasteiger partial charge in [0.2, 0.25) is 0 Å². The molecule has 2 unspecified atom stereocenters. The Hall–Kier alpha value is -0.0800. The molecular formula is C7H14NO. The monoisotopic (exact) mass is 128 g/mol. The molecule has 1 radical (unpaired) electrons. The first kappa shape index (κ1) is 7.03. The zero-order valence-corrected chi connectivity index (χ0v) is 6.13. The third-order valence-corrected chi connectivity index (χ3v) is 1.64. The molecule has 1 fully saturated rings. The summed E-state index contributed by atoms with van der Waals surface area (Å²) in [6.45, 7) is 6.15.